The third-order valence-electron chi connectivity index (χ3n) is 4.53. The van der Waals surface area contributed by atoms with E-state index in [0.717, 1.165) is 42.7 Å². The van der Waals surface area contributed by atoms with Gasteiger partial charge in [0.2, 0.25) is 0 Å². The summed E-state index contributed by atoms with van der Waals surface area (Å²) in [5.74, 6) is 0.769. The Hall–Kier alpha value is -1.59. The fraction of sp³-hybridized carbons (Fsp3) is 0.533. The number of piperidine rings is 1. The molecule has 2 aromatic rings. The quantitative estimate of drug-likeness (QED) is 0.874. The number of benzene rings is 1. The SMILES string of the molecule is c1ccc2oc(N3CCC(C4CCNN4)CC3)nc2c1. The summed E-state index contributed by atoms with van der Waals surface area (Å²) in [5, 5.41) is 0. The number of nitrogens with one attached hydrogen (secondary N) is 2. The first-order valence-corrected chi connectivity index (χ1v) is 7.49. The number of para-hydroxylation sites is 2. The number of rotatable bonds is 2. The van der Waals surface area contributed by atoms with E-state index in [2.05, 4.69) is 20.7 Å². The smallest absolute Gasteiger partial charge is 0.298 e. The molecule has 1 aromatic carbocycles. The molecular weight excluding hydrogens is 252 g/mol. The fourth-order valence-electron chi connectivity index (χ4n) is 3.35. The van der Waals surface area contributed by atoms with Crippen LogP contribution in [0.3, 0.4) is 0 Å². The van der Waals surface area contributed by atoms with Crippen LogP contribution in [0.25, 0.3) is 11.1 Å². The zero-order valence-corrected chi connectivity index (χ0v) is 11.5. The summed E-state index contributed by atoms with van der Waals surface area (Å²) in [6, 6.07) is 9.39. The van der Waals surface area contributed by atoms with Crippen molar-refractivity contribution in [1.82, 2.24) is 15.8 Å². The molecule has 2 aliphatic rings. The summed E-state index contributed by atoms with van der Waals surface area (Å²) in [4.78, 5) is 6.87. The van der Waals surface area contributed by atoms with Crippen LogP contribution in [0.15, 0.2) is 28.7 Å². The van der Waals surface area contributed by atoms with Crippen LogP contribution in [0.1, 0.15) is 19.3 Å². The lowest BCUT2D eigenvalue weighted by Gasteiger charge is -2.33. The molecule has 0 bridgehead atoms. The van der Waals surface area contributed by atoms with Crippen LogP contribution in [0.2, 0.25) is 0 Å². The lowest BCUT2D eigenvalue weighted by Crippen LogP contribution is -2.42. The van der Waals surface area contributed by atoms with Gasteiger partial charge >= 0.3 is 0 Å². The Labute approximate surface area is 118 Å². The van der Waals surface area contributed by atoms with Crippen molar-refractivity contribution in [2.24, 2.45) is 5.92 Å². The van der Waals surface area contributed by atoms with Crippen LogP contribution >= 0.6 is 0 Å². The predicted octanol–water partition coefficient (Wildman–Crippen LogP) is 1.91. The molecule has 4 rings (SSSR count). The van der Waals surface area contributed by atoms with E-state index in [1.165, 1.54) is 19.3 Å². The molecule has 0 radical (unpaired) electrons. The van der Waals surface area contributed by atoms with Crippen LogP contribution in [0.5, 0.6) is 0 Å². The van der Waals surface area contributed by atoms with Gasteiger partial charge in [0.25, 0.3) is 6.01 Å². The first-order chi connectivity index (χ1) is 9.90. The van der Waals surface area contributed by atoms with Crippen LogP contribution in [0, 0.1) is 5.92 Å². The number of fused-ring (bicyclic) bond motifs is 1. The van der Waals surface area contributed by atoms with Crippen molar-refractivity contribution in [3.05, 3.63) is 24.3 Å². The standard InChI is InChI=1S/C15H20N4O/c1-2-4-14-13(3-1)17-15(20-14)19-9-6-11(7-10-19)12-5-8-16-18-12/h1-4,11-12,16,18H,5-10H2. The van der Waals surface area contributed by atoms with Crippen molar-refractivity contribution < 1.29 is 4.42 Å². The Kier molecular flexibility index (Phi) is 3.09. The first kappa shape index (κ1) is 12.2. The van der Waals surface area contributed by atoms with Crippen LogP contribution in [0.4, 0.5) is 6.01 Å². The van der Waals surface area contributed by atoms with Gasteiger partial charge in [0.05, 0.1) is 0 Å². The molecule has 0 amide bonds. The maximum atomic E-state index is 5.86. The average Bonchev–Trinajstić information content (AvgIpc) is 3.17. The largest absolute Gasteiger partial charge is 0.423 e. The molecule has 3 heterocycles. The molecule has 2 fully saturated rings. The minimum atomic E-state index is 0.640. The average molecular weight is 272 g/mol. The molecule has 2 saturated heterocycles. The summed E-state index contributed by atoms with van der Waals surface area (Å²) in [7, 11) is 0. The number of aromatic nitrogens is 1. The van der Waals surface area contributed by atoms with Crippen molar-refractivity contribution in [3.8, 4) is 0 Å². The van der Waals surface area contributed by atoms with E-state index in [9.17, 15) is 0 Å². The van der Waals surface area contributed by atoms with E-state index in [0.29, 0.717) is 6.04 Å². The Bertz CT molecular complexity index is 549. The van der Waals surface area contributed by atoms with Crippen molar-refractivity contribution in [2.75, 3.05) is 24.5 Å². The summed E-state index contributed by atoms with van der Waals surface area (Å²) in [6.45, 7) is 3.17. The van der Waals surface area contributed by atoms with Gasteiger partial charge in [-0.05, 0) is 37.3 Å². The molecule has 0 aliphatic carbocycles. The van der Waals surface area contributed by atoms with Gasteiger partial charge in [0.15, 0.2) is 5.58 Å². The van der Waals surface area contributed by atoms with E-state index >= 15 is 0 Å². The molecule has 2 N–H and O–H groups in total. The molecule has 106 valence electrons. The zero-order chi connectivity index (χ0) is 13.4. The van der Waals surface area contributed by atoms with Gasteiger partial charge in [-0.1, -0.05) is 12.1 Å². The van der Waals surface area contributed by atoms with Crippen molar-refractivity contribution in [1.29, 1.82) is 0 Å². The number of oxazole rings is 1. The van der Waals surface area contributed by atoms with E-state index in [-0.39, 0.29) is 0 Å². The Balaban J connectivity index is 1.45. The van der Waals surface area contributed by atoms with Gasteiger partial charge in [0.1, 0.15) is 5.52 Å². The lowest BCUT2D eigenvalue weighted by molar-refractivity contribution is 0.305. The molecule has 1 aromatic heterocycles. The van der Waals surface area contributed by atoms with E-state index in [1.54, 1.807) is 0 Å². The van der Waals surface area contributed by atoms with Crippen molar-refractivity contribution in [3.63, 3.8) is 0 Å². The zero-order valence-electron chi connectivity index (χ0n) is 11.5. The van der Waals surface area contributed by atoms with E-state index in [1.807, 2.05) is 24.3 Å². The number of hydrogen-bond acceptors (Lipinski definition) is 5. The van der Waals surface area contributed by atoms with Crippen molar-refractivity contribution >= 4 is 17.1 Å². The van der Waals surface area contributed by atoms with Gasteiger partial charge < -0.3 is 9.32 Å². The second-order valence-electron chi connectivity index (χ2n) is 5.75. The minimum Gasteiger partial charge on any atom is -0.423 e. The van der Waals surface area contributed by atoms with Gasteiger partial charge in [0, 0.05) is 25.7 Å². The molecular formula is C15H20N4O. The Morgan fingerprint density at radius 3 is 2.75 bits per heavy atom. The number of hydrogen-bond donors (Lipinski definition) is 2. The predicted molar refractivity (Wildman–Crippen MR) is 78.5 cm³/mol. The second-order valence-corrected chi connectivity index (χ2v) is 5.75. The normalized spacial score (nSPS) is 24.6. The lowest BCUT2D eigenvalue weighted by atomic mass is 9.89. The monoisotopic (exact) mass is 272 g/mol. The fourth-order valence-corrected chi connectivity index (χ4v) is 3.35. The molecule has 5 heteroatoms. The highest BCUT2D eigenvalue weighted by Gasteiger charge is 2.29. The maximum absolute atomic E-state index is 5.86. The molecule has 2 aliphatic heterocycles. The molecule has 5 nitrogen and oxygen atoms in total. The Morgan fingerprint density at radius 2 is 2.00 bits per heavy atom. The highest BCUT2D eigenvalue weighted by molar-refractivity contribution is 5.74. The number of hydrazine groups is 1. The third-order valence-corrected chi connectivity index (χ3v) is 4.53. The summed E-state index contributed by atoms with van der Waals surface area (Å²) >= 11 is 0. The maximum Gasteiger partial charge on any atom is 0.298 e. The van der Waals surface area contributed by atoms with E-state index in [4.69, 9.17) is 4.42 Å². The Morgan fingerprint density at radius 1 is 1.15 bits per heavy atom. The van der Waals surface area contributed by atoms with Gasteiger partial charge in [-0.25, -0.2) is 0 Å². The third kappa shape index (κ3) is 2.17. The topological polar surface area (TPSA) is 53.3 Å². The van der Waals surface area contributed by atoms with Gasteiger partial charge in [-0.3, -0.25) is 10.9 Å². The van der Waals surface area contributed by atoms with Crippen LogP contribution < -0.4 is 15.8 Å². The van der Waals surface area contributed by atoms with Crippen LogP contribution in [-0.2, 0) is 0 Å². The minimum absolute atomic E-state index is 0.640. The molecule has 1 atom stereocenters. The number of nitrogens with zero attached hydrogens (tertiary/aromatic N) is 2. The first-order valence-electron chi connectivity index (χ1n) is 7.49. The molecule has 20 heavy (non-hydrogen) atoms. The summed E-state index contributed by atoms with van der Waals surface area (Å²) in [6.07, 6.45) is 3.66. The highest BCUT2D eigenvalue weighted by atomic mass is 16.4. The highest BCUT2D eigenvalue weighted by Crippen LogP contribution is 2.28. The second kappa shape index (κ2) is 5.07. The van der Waals surface area contributed by atoms with Crippen molar-refractivity contribution in [2.45, 2.75) is 25.3 Å². The summed E-state index contributed by atoms with van der Waals surface area (Å²) < 4.78 is 5.86. The molecule has 1 unspecified atom stereocenters. The van der Waals surface area contributed by atoms with Gasteiger partial charge in [-0.15, -0.1) is 0 Å². The van der Waals surface area contributed by atoms with E-state index < -0.39 is 0 Å². The van der Waals surface area contributed by atoms with Crippen LogP contribution in [-0.4, -0.2) is 30.7 Å². The summed E-state index contributed by atoms with van der Waals surface area (Å²) in [5.41, 5.74) is 8.46. The molecule has 0 saturated carbocycles. The number of anilines is 1. The molecule has 0 spiro atoms. The van der Waals surface area contributed by atoms with Gasteiger partial charge in [-0.2, -0.15) is 4.98 Å².